The number of anilines is 1. The van der Waals surface area contributed by atoms with E-state index in [4.69, 9.17) is 4.74 Å². The van der Waals surface area contributed by atoms with Crippen molar-refractivity contribution >= 4 is 21.6 Å². The Bertz CT molecular complexity index is 353. The van der Waals surface area contributed by atoms with Crippen molar-refractivity contribution in [1.82, 2.24) is 0 Å². The van der Waals surface area contributed by atoms with Gasteiger partial charge in [0.2, 0.25) is 0 Å². The van der Waals surface area contributed by atoms with Crippen LogP contribution in [-0.2, 0) is 4.74 Å². The van der Waals surface area contributed by atoms with Crippen molar-refractivity contribution in [2.45, 2.75) is 32.4 Å². The third-order valence-corrected chi connectivity index (χ3v) is 3.53. The highest BCUT2D eigenvalue weighted by Crippen LogP contribution is 2.26. The molecule has 15 heavy (non-hydrogen) atoms. The summed E-state index contributed by atoms with van der Waals surface area (Å²) in [5.41, 5.74) is 2.43. The molecule has 1 saturated heterocycles. The molecule has 0 aliphatic carbocycles. The fourth-order valence-electron chi connectivity index (χ4n) is 1.87. The molecule has 0 amide bonds. The molecule has 2 rings (SSSR count). The highest BCUT2D eigenvalue weighted by Gasteiger charge is 2.24. The maximum absolute atomic E-state index is 5.53. The van der Waals surface area contributed by atoms with Gasteiger partial charge < -0.3 is 10.1 Å². The molecule has 1 heterocycles. The lowest BCUT2D eigenvalue weighted by molar-refractivity contribution is 0.121. The van der Waals surface area contributed by atoms with Crippen LogP contribution in [0.4, 0.5) is 5.69 Å². The SMILES string of the molecule is Cc1ccc(Br)c(N[C@H]2CCO[C@H]2C)c1. The number of ether oxygens (including phenoxy) is 1. The van der Waals surface area contributed by atoms with Crippen LogP contribution in [0.25, 0.3) is 0 Å². The van der Waals surface area contributed by atoms with Gasteiger partial charge in [-0.15, -0.1) is 0 Å². The van der Waals surface area contributed by atoms with E-state index >= 15 is 0 Å². The van der Waals surface area contributed by atoms with Crippen molar-refractivity contribution in [3.8, 4) is 0 Å². The lowest BCUT2D eigenvalue weighted by Crippen LogP contribution is -2.26. The van der Waals surface area contributed by atoms with E-state index in [1.54, 1.807) is 0 Å². The van der Waals surface area contributed by atoms with Gasteiger partial charge in [0.15, 0.2) is 0 Å². The first-order valence-electron chi connectivity index (χ1n) is 5.31. The van der Waals surface area contributed by atoms with Gasteiger partial charge in [-0.25, -0.2) is 0 Å². The van der Waals surface area contributed by atoms with Crippen LogP contribution in [0.15, 0.2) is 22.7 Å². The smallest absolute Gasteiger partial charge is 0.0748 e. The molecule has 0 saturated carbocycles. The molecule has 3 heteroatoms. The van der Waals surface area contributed by atoms with Gasteiger partial charge in [-0.2, -0.15) is 0 Å². The van der Waals surface area contributed by atoms with Crippen molar-refractivity contribution in [3.05, 3.63) is 28.2 Å². The Morgan fingerprint density at radius 3 is 2.93 bits per heavy atom. The molecule has 0 aromatic heterocycles. The second-order valence-corrected chi connectivity index (χ2v) is 4.95. The van der Waals surface area contributed by atoms with E-state index in [0.717, 1.165) is 23.2 Å². The first-order valence-corrected chi connectivity index (χ1v) is 6.10. The Hall–Kier alpha value is -0.540. The van der Waals surface area contributed by atoms with Crippen LogP contribution in [-0.4, -0.2) is 18.8 Å². The second-order valence-electron chi connectivity index (χ2n) is 4.10. The van der Waals surface area contributed by atoms with Gasteiger partial charge in [0, 0.05) is 16.8 Å². The minimum Gasteiger partial charge on any atom is -0.379 e. The van der Waals surface area contributed by atoms with Crippen LogP contribution >= 0.6 is 15.9 Å². The fourth-order valence-corrected chi connectivity index (χ4v) is 2.23. The van der Waals surface area contributed by atoms with E-state index in [0.29, 0.717) is 12.1 Å². The molecule has 1 aliphatic heterocycles. The largest absolute Gasteiger partial charge is 0.379 e. The summed E-state index contributed by atoms with van der Waals surface area (Å²) in [4.78, 5) is 0. The average Bonchev–Trinajstić information content (AvgIpc) is 2.58. The zero-order chi connectivity index (χ0) is 10.8. The summed E-state index contributed by atoms with van der Waals surface area (Å²) >= 11 is 3.55. The zero-order valence-electron chi connectivity index (χ0n) is 9.09. The zero-order valence-corrected chi connectivity index (χ0v) is 10.7. The molecule has 2 atom stereocenters. The summed E-state index contributed by atoms with van der Waals surface area (Å²) < 4.78 is 6.65. The first-order chi connectivity index (χ1) is 7.16. The topological polar surface area (TPSA) is 21.3 Å². The molecule has 0 spiro atoms. The molecular weight excluding hydrogens is 254 g/mol. The number of benzene rings is 1. The molecule has 0 unspecified atom stereocenters. The fraction of sp³-hybridized carbons (Fsp3) is 0.500. The Morgan fingerprint density at radius 1 is 1.47 bits per heavy atom. The second kappa shape index (κ2) is 4.54. The summed E-state index contributed by atoms with van der Waals surface area (Å²) in [7, 11) is 0. The predicted octanol–water partition coefficient (Wildman–Crippen LogP) is 3.35. The molecule has 1 aromatic rings. The summed E-state index contributed by atoms with van der Waals surface area (Å²) in [5, 5.41) is 3.53. The predicted molar refractivity (Wildman–Crippen MR) is 66.3 cm³/mol. The molecule has 1 fully saturated rings. The van der Waals surface area contributed by atoms with Crippen LogP contribution < -0.4 is 5.32 Å². The van der Waals surface area contributed by atoms with Gasteiger partial charge in [0.25, 0.3) is 0 Å². The molecule has 1 N–H and O–H groups in total. The Kier molecular flexibility index (Phi) is 3.32. The lowest BCUT2D eigenvalue weighted by Gasteiger charge is -2.18. The molecule has 0 bridgehead atoms. The van der Waals surface area contributed by atoms with E-state index in [9.17, 15) is 0 Å². The van der Waals surface area contributed by atoms with Crippen LogP contribution in [0.5, 0.6) is 0 Å². The number of hydrogen-bond acceptors (Lipinski definition) is 2. The van der Waals surface area contributed by atoms with Gasteiger partial charge >= 0.3 is 0 Å². The minimum atomic E-state index is 0.303. The van der Waals surface area contributed by atoms with E-state index in [2.05, 4.69) is 53.3 Å². The Balaban J connectivity index is 2.12. The van der Waals surface area contributed by atoms with Crippen LogP contribution in [0.3, 0.4) is 0 Å². The van der Waals surface area contributed by atoms with E-state index in [-0.39, 0.29) is 0 Å². The molecule has 1 aromatic carbocycles. The Morgan fingerprint density at radius 2 is 2.27 bits per heavy atom. The maximum Gasteiger partial charge on any atom is 0.0748 e. The van der Waals surface area contributed by atoms with Crippen molar-refractivity contribution in [2.24, 2.45) is 0 Å². The molecule has 82 valence electrons. The van der Waals surface area contributed by atoms with Gasteiger partial charge in [0.1, 0.15) is 0 Å². The highest BCUT2D eigenvalue weighted by molar-refractivity contribution is 9.10. The number of halogens is 1. The summed E-state index contributed by atoms with van der Waals surface area (Å²) in [5.74, 6) is 0. The first kappa shape index (κ1) is 11.0. The van der Waals surface area contributed by atoms with Gasteiger partial charge in [0.05, 0.1) is 12.1 Å². The summed E-state index contributed by atoms with van der Waals surface area (Å²) in [6, 6.07) is 6.78. The standard InChI is InChI=1S/C12H16BrNO/c1-8-3-4-10(13)12(7-8)14-11-5-6-15-9(11)2/h3-4,7,9,11,14H,5-6H2,1-2H3/t9-,11-/m0/s1. The highest BCUT2D eigenvalue weighted by atomic mass is 79.9. The minimum absolute atomic E-state index is 0.303. The van der Waals surface area contributed by atoms with Crippen LogP contribution in [0.1, 0.15) is 18.9 Å². The monoisotopic (exact) mass is 269 g/mol. The van der Waals surface area contributed by atoms with Gasteiger partial charge in [-0.3, -0.25) is 0 Å². The number of nitrogens with one attached hydrogen (secondary N) is 1. The maximum atomic E-state index is 5.53. The number of aryl methyl sites for hydroxylation is 1. The average molecular weight is 270 g/mol. The van der Waals surface area contributed by atoms with Crippen molar-refractivity contribution in [3.63, 3.8) is 0 Å². The quantitative estimate of drug-likeness (QED) is 0.889. The van der Waals surface area contributed by atoms with E-state index in [1.165, 1.54) is 5.56 Å². The molecule has 2 nitrogen and oxygen atoms in total. The number of rotatable bonds is 2. The third-order valence-electron chi connectivity index (χ3n) is 2.84. The van der Waals surface area contributed by atoms with Crippen molar-refractivity contribution in [2.75, 3.05) is 11.9 Å². The van der Waals surface area contributed by atoms with E-state index < -0.39 is 0 Å². The molecular formula is C12H16BrNO. The molecule has 1 aliphatic rings. The van der Waals surface area contributed by atoms with Crippen LogP contribution in [0, 0.1) is 6.92 Å². The van der Waals surface area contributed by atoms with Gasteiger partial charge in [-0.05, 0) is 53.9 Å². The van der Waals surface area contributed by atoms with Gasteiger partial charge in [-0.1, -0.05) is 6.07 Å². The van der Waals surface area contributed by atoms with Crippen LogP contribution in [0.2, 0.25) is 0 Å². The normalized spacial score (nSPS) is 25.5. The number of hydrogen-bond donors (Lipinski definition) is 1. The van der Waals surface area contributed by atoms with E-state index in [1.807, 2.05) is 0 Å². The summed E-state index contributed by atoms with van der Waals surface area (Å²) in [6.07, 6.45) is 1.39. The summed E-state index contributed by atoms with van der Waals surface area (Å²) in [6.45, 7) is 5.09. The lowest BCUT2D eigenvalue weighted by atomic mass is 10.1. The third kappa shape index (κ3) is 2.52. The van der Waals surface area contributed by atoms with Crippen molar-refractivity contribution in [1.29, 1.82) is 0 Å². The Labute approximate surface area is 99.1 Å². The molecule has 0 radical (unpaired) electrons. The van der Waals surface area contributed by atoms with Crippen molar-refractivity contribution < 1.29 is 4.74 Å².